The molecule has 0 bridgehead atoms. The van der Waals surface area contributed by atoms with Gasteiger partial charge in [0.25, 0.3) is 0 Å². The van der Waals surface area contributed by atoms with E-state index in [1.165, 1.54) is 28.1 Å². The van der Waals surface area contributed by atoms with E-state index < -0.39 is 6.34 Å². The van der Waals surface area contributed by atoms with Crippen LogP contribution in [0.2, 0.25) is 0 Å². The van der Waals surface area contributed by atoms with Gasteiger partial charge in [-0.3, -0.25) is 9.34 Å². The number of morpholine rings is 2. The molecule has 152 valence electrons. The second kappa shape index (κ2) is 7.38. The van der Waals surface area contributed by atoms with Crippen molar-refractivity contribution in [1.82, 2.24) is 18.5 Å². The van der Waals surface area contributed by atoms with Crippen LogP contribution in [-0.4, -0.2) is 71.1 Å². The van der Waals surface area contributed by atoms with Crippen LogP contribution in [0.15, 0.2) is 18.2 Å². The second-order valence-electron chi connectivity index (χ2n) is 7.88. The van der Waals surface area contributed by atoms with Crippen molar-refractivity contribution in [2.45, 2.75) is 26.9 Å². The van der Waals surface area contributed by atoms with Gasteiger partial charge in [0.15, 0.2) is 0 Å². The van der Waals surface area contributed by atoms with E-state index in [-0.39, 0.29) is 0 Å². The monoisotopic (exact) mass is 420 g/mol. The van der Waals surface area contributed by atoms with Gasteiger partial charge in [0, 0.05) is 45.0 Å². The van der Waals surface area contributed by atoms with Crippen LogP contribution in [0.5, 0.6) is 0 Å². The van der Waals surface area contributed by atoms with Gasteiger partial charge in [0.1, 0.15) is 6.34 Å². The van der Waals surface area contributed by atoms with E-state index >= 15 is 0 Å². The first-order valence-electron chi connectivity index (χ1n) is 10.2. The standard InChI is InChI=1S/C20H29N4O2PS/c1-16-15-19-18-4-3-17(2)23(18)5-6-24(19)20(16)27(28,21-7-11-25-12-8-21)22-9-13-26-14-10-22/h3-4,15H,5-14H2,1-2H3. The number of nitrogens with zero attached hydrogens (tertiary/aromatic N) is 4. The molecular weight excluding hydrogens is 391 g/mol. The maximum Gasteiger partial charge on any atom is 0.123 e. The van der Waals surface area contributed by atoms with Crippen molar-refractivity contribution < 1.29 is 9.47 Å². The van der Waals surface area contributed by atoms with E-state index in [0.717, 1.165) is 65.7 Å². The van der Waals surface area contributed by atoms with Crippen LogP contribution in [0, 0.1) is 13.8 Å². The molecule has 0 saturated carbocycles. The van der Waals surface area contributed by atoms with Crippen molar-refractivity contribution in [2.24, 2.45) is 0 Å². The third-order valence-corrected chi connectivity index (χ3v) is 11.7. The van der Waals surface area contributed by atoms with E-state index in [1.807, 2.05) is 0 Å². The average molecular weight is 421 g/mol. The van der Waals surface area contributed by atoms with E-state index in [1.54, 1.807) is 0 Å². The van der Waals surface area contributed by atoms with Gasteiger partial charge in [-0.25, -0.2) is 0 Å². The number of fused-ring (bicyclic) bond motifs is 3. The zero-order valence-corrected chi connectivity index (χ0v) is 18.5. The number of aromatic nitrogens is 2. The topological polar surface area (TPSA) is 34.8 Å². The Morgan fingerprint density at radius 3 is 1.96 bits per heavy atom. The summed E-state index contributed by atoms with van der Waals surface area (Å²) in [6.45, 7) is 13.2. The maximum atomic E-state index is 6.66. The lowest BCUT2D eigenvalue weighted by atomic mass is 10.2. The van der Waals surface area contributed by atoms with Crippen molar-refractivity contribution in [1.29, 1.82) is 0 Å². The number of rotatable bonds is 3. The summed E-state index contributed by atoms with van der Waals surface area (Å²) in [5.41, 5.74) is 6.70. The predicted molar refractivity (Wildman–Crippen MR) is 116 cm³/mol. The molecule has 2 fully saturated rings. The molecule has 8 heteroatoms. The largest absolute Gasteiger partial charge is 0.379 e. The van der Waals surface area contributed by atoms with Crippen molar-refractivity contribution in [3.63, 3.8) is 0 Å². The molecule has 2 aromatic rings. The molecular formula is C20H29N4O2PS. The van der Waals surface area contributed by atoms with Crippen molar-refractivity contribution in [3.8, 4) is 11.4 Å². The summed E-state index contributed by atoms with van der Waals surface area (Å²) < 4.78 is 21.4. The fourth-order valence-corrected chi connectivity index (χ4v) is 9.94. The minimum absolute atomic E-state index is 0.775. The minimum atomic E-state index is -2.08. The fraction of sp³-hybridized carbons (Fsp3) is 0.600. The van der Waals surface area contributed by atoms with Crippen LogP contribution in [-0.2, 0) is 34.4 Å². The quantitative estimate of drug-likeness (QED) is 0.712. The molecule has 0 radical (unpaired) electrons. The van der Waals surface area contributed by atoms with Gasteiger partial charge in [-0.15, -0.1) is 0 Å². The molecule has 0 atom stereocenters. The van der Waals surface area contributed by atoms with E-state index in [0.29, 0.717) is 0 Å². The molecule has 5 rings (SSSR count). The molecule has 0 aromatic carbocycles. The molecule has 0 amide bonds. The van der Waals surface area contributed by atoms with Crippen molar-refractivity contribution in [3.05, 3.63) is 29.5 Å². The third kappa shape index (κ3) is 2.87. The number of hydrogen-bond donors (Lipinski definition) is 0. The molecule has 3 aliphatic heterocycles. The highest BCUT2D eigenvalue weighted by Gasteiger charge is 2.40. The van der Waals surface area contributed by atoms with Crippen LogP contribution >= 0.6 is 6.34 Å². The summed E-state index contributed by atoms with van der Waals surface area (Å²) in [6, 6.07) is 6.85. The van der Waals surface area contributed by atoms with Crippen LogP contribution in [0.3, 0.4) is 0 Å². The Balaban J connectivity index is 1.66. The second-order valence-corrected chi connectivity index (χ2v) is 12.0. The van der Waals surface area contributed by atoms with Crippen LogP contribution < -0.4 is 5.44 Å². The maximum absolute atomic E-state index is 6.66. The Labute approximate surface area is 172 Å². The molecule has 0 aliphatic carbocycles. The molecule has 3 aliphatic rings. The summed E-state index contributed by atoms with van der Waals surface area (Å²) in [5, 5.41) is 0. The van der Waals surface area contributed by atoms with Gasteiger partial charge in [0.05, 0.1) is 43.3 Å². The van der Waals surface area contributed by atoms with E-state index in [9.17, 15) is 0 Å². The Hall–Kier alpha value is -0.950. The zero-order valence-electron chi connectivity index (χ0n) is 16.8. The summed E-state index contributed by atoms with van der Waals surface area (Å²) in [6.07, 6.45) is -2.08. The lowest BCUT2D eigenvalue weighted by Crippen LogP contribution is -2.48. The van der Waals surface area contributed by atoms with Crippen molar-refractivity contribution >= 4 is 23.6 Å². The molecule has 6 nitrogen and oxygen atoms in total. The Morgan fingerprint density at radius 1 is 0.786 bits per heavy atom. The molecule has 0 N–H and O–H groups in total. The Morgan fingerprint density at radius 2 is 1.36 bits per heavy atom. The van der Waals surface area contributed by atoms with Crippen LogP contribution in [0.4, 0.5) is 0 Å². The van der Waals surface area contributed by atoms with Gasteiger partial charge in [0.2, 0.25) is 0 Å². The number of hydrogen-bond acceptors (Lipinski definition) is 3. The SMILES string of the molecule is Cc1cc2n(c1P(=S)(N1CCOCC1)N1CCOCC1)CCn1c(C)ccc1-2. The summed E-state index contributed by atoms with van der Waals surface area (Å²) in [7, 11) is 0. The molecule has 2 aromatic heterocycles. The highest BCUT2D eigenvalue weighted by molar-refractivity contribution is 8.15. The normalized spacial score (nSPS) is 21.5. The highest BCUT2D eigenvalue weighted by Crippen LogP contribution is 2.54. The smallest absolute Gasteiger partial charge is 0.123 e. The number of aryl methyl sites for hydroxylation is 2. The number of ether oxygens (including phenoxy) is 2. The highest BCUT2D eigenvalue weighted by atomic mass is 32.4. The Bertz CT molecular complexity index is 903. The predicted octanol–water partition coefficient (Wildman–Crippen LogP) is 2.19. The van der Waals surface area contributed by atoms with Crippen LogP contribution in [0.1, 0.15) is 11.3 Å². The third-order valence-electron chi connectivity index (χ3n) is 6.28. The van der Waals surface area contributed by atoms with Gasteiger partial charge in [-0.05, 0) is 37.6 Å². The van der Waals surface area contributed by atoms with Crippen LogP contribution in [0.25, 0.3) is 11.4 Å². The first-order valence-corrected chi connectivity index (χ1v) is 12.9. The van der Waals surface area contributed by atoms with E-state index in [4.69, 9.17) is 21.3 Å². The van der Waals surface area contributed by atoms with Gasteiger partial charge in [-0.2, -0.15) is 0 Å². The fourth-order valence-electron chi connectivity index (χ4n) is 4.89. The zero-order chi connectivity index (χ0) is 19.3. The molecule has 2 saturated heterocycles. The summed E-state index contributed by atoms with van der Waals surface area (Å²) in [5.74, 6) is 0. The lowest BCUT2D eigenvalue weighted by molar-refractivity contribution is 0.0588. The molecule has 0 spiro atoms. The van der Waals surface area contributed by atoms with Gasteiger partial charge in [-0.1, -0.05) is 11.8 Å². The van der Waals surface area contributed by atoms with Crippen molar-refractivity contribution in [2.75, 3.05) is 52.6 Å². The molecule has 28 heavy (non-hydrogen) atoms. The van der Waals surface area contributed by atoms with Gasteiger partial charge >= 0.3 is 0 Å². The first kappa shape index (κ1) is 19.0. The Kier molecular flexibility index (Phi) is 5.02. The van der Waals surface area contributed by atoms with E-state index in [2.05, 4.69) is 50.5 Å². The molecule has 0 unspecified atom stereocenters. The van der Waals surface area contributed by atoms with Gasteiger partial charge < -0.3 is 18.6 Å². The minimum Gasteiger partial charge on any atom is -0.379 e. The average Bonchev–Trinajstić information content (AvgIpc) is 3.28. The summed E-state index contributed by atoms with van der Waals surface area (Å²) in [4.78, 5) is 0. The molecule has 5 heterocycles. The summed E-state index contributed by atoms with van der Waals surface area (Å²) >= 11 is 6.66. The lowest BCUT2D eigenvalue weighted by Gasteiger charge is -2.46. The first-order chi connectivity index (χ1) is 13.6.